The number of Topliss-reactive ketones (excluding diaryl/α,β-unsaturated/α-hetero) is 1. The fraction of sp³-hybridized carbons (Fsp3) is 0.897. The Labute approximate surface area is 452 Å². The Morgan fingerprint density at radius 1 is 0.545 bits per heavy atom. The van der Waals surface area contributed by atoms with Crippen LogP contribution in [0.5, 0.6) is 0 Å². The number of hydrogen-bond acceptors (Lipinski definition) is 19. The highest BCUT2D eigenvalue weighted by Gasteiger charge is 2.61. The first-order valence-corrected chi connectivity index (χ1v) is 29.5. The van der Waals surface area contributed by atoms with Crippen LogP contribution in [0.3, 0.4) is 0 Å². The molecular formula is C58H86O19. The fourth-order valence-corrected chi connectivity index (χ4v) is 16.2. The molecule has 12 aliphatic heterocycles. The van der Waals surface area contributed by atoms with Crippen LogP contribution < -0.4 is 0 Å². The molecule has 0 radical (unpaired) electrons. The second-order valence-electron chi connectivity index (χ2n) is 25.9. The van der Waals surface area contributed by atoms with Gasteiger partial charge in [-0.3, -0.25) is 9.59 Å². The van der Waals surface area contributed by atoms with Crippen molar-refractivity contribution < 1.29 is 92.0 Å². The van der Waals surface area contributed by atoms with Gasteiger partial charge in [-0.25, -0.2) is 0 Å². The molecule has 12 saturated heterocycles. The largest absolute Gasteiger partial charge is 0.459 e. The van der Waals surface area contributed by atoms with Gasteiger partial charge >= 0.3 is 5.97 Å². The second kappa shape index (κ2) is 22.0. The average Bonchev–Trinajstić information content (AvgIpc) is 4.08. The van der Waals surface area contributed by atoms with Crippen molar-refractivity contribution in [3.05, 3.63) is 24.3 Å². The van der Waals surface area contributed by atoms with Crippen molar-refractivity contribution in [1.29, 1.82) is 0 Å². The molecule has 19 nitrogen and oxygen atoms in total. The van der Waals surface area contributed by atoms with Gasteiger partial charge in [0.05, 0.1) is 129 Å². The van der Waals surface area contributed by atoms with Crippen LogP contribution in [-0.2, 0) is 66.4 Å². The topological polar surface area (TPSA) is 246 Å². The van der Waals surface area contributed by atoms with Crippen LogP contribution in [0.2, 0.25) is 0 Å². The van der Waals surface area contributed by atoms with E-state index in [1.54, 1.807) is 0 Å². The smallest absolute Gasteiger partial charge is 0.308 e. The zero-order valence-electron chi connectivity index (χ0n) is 45.4. The van der Waals surface area contributed by atoms with Gasteiger partial charge < -0.3 is 82.4 Å². The predicted octanol–water partition coefficient (Wildman–Crippen LogP) is 3.96. The molecule has 12 aliphatic rings. The molecule has 12 fully saturated rings. The van der Waals surface area contributed by atoms with Crippen molar-refractivity contribution in [2.75, 3.05) is 6.61 Å². The van der Waals surface area contributed by atoms with Gasteiger partial charge in [0.25, 0.3) is 0 Å². The first kappa shape index (κ1) is 55.5. The minimum atomic E-state index is -1.11. The molecule has 0 saturated carbocycles. The van der Waals surface area contributed by atoms with Gasteiger partial charge in [0.15, 0.2) is 11.6 Å². The van der Waals surface area contributed by atoms with E-state index in [9.17, 15) is 35.1 Å². The molecule has 0 amide bonds. The lowest BCUT2D eigenvalue weighted by atomic mass is 9.77. The third-order valence-electron chi connectivity index (χ3n) is 20.2. The number of fused-ring (bicyclic) bond motifs is 11. The number of hydrogen-bond donors (Lipinski definition) is 5. The normalized spacial score (nSPS) is 54.0. The Bertz CT molecular complexity index is 2180. The van der Waals surface area contributed by atoms with E-state index in [4.69, 9.17) is 56.8 Å². The Morgan fingerprint density at radius 2 is 1.21 bits per heavy atom. The summed E-state index contributed by atoms with van der Waals surface area (Å²) in [4.78, 5) is 28.6. The minimum Gasteiger partial charge on any atom is -0.459 e. The maximum atomic E-state index is 14.4. The molecule has 0 aromatic rings. The molecule has 0 aromatic carbocycles. The summed E-state index contributed by atoms with van der Waals surface area (Å²) in [6.45, 7) is 16.7. The molecule has 0 aromatic heterocycles. The number of ketones is 1. The van der Waals surface area contributed by atoms with Crippen molar-refractivity contribution in [1.82, 2.24) is 0 Å². The van der Waals surface area contributed by atoms with Gasteiger partial charge in [0, 0.05) is 70.1 Å². The molecule has 432 valence electrons. The van der Waals surface area contributed by atoms with Crippen molar-refractivity contribution in [3.63, 3.8) is 0 Å². The lowest BCUT2D eigenvalue weighted by Crippen LogP contribution is -2.63. The van der Waals surface area contributed by atoms with Crippen LogP contribution in [0.15, 0.2) is 24.3 Å². The third-order valence-corrected chi connectivity index (χ3v) is 20.2. The summed E-state index contributed by atoms with van der Waals surface area (Å²) in [7, 11) is 0. The van der Waals surface area contributed by atoms with E-state index in [1.165, 1.54) is 0 Å². The molecule has 12 rings (SSSR count). The van der Waals surface area contributed by atoms with Crippen LogP contribution in [0.25, 0.3) is 0 Å². The standard InChI is InChI=1S/C58H86O19/c1-26-13-33-7-9-39-27(2)14-35(66-39)11-12-57-24-38(63)55(77-57)46-21-48(75-57)56-40(69-46)10-8-34(68-56)17-50(64)73-54-31(6)53-44(70-45(54)20-41(67-33)30(26)5)18-36(61)42(71-53)15-32(60)16-43-51(65)28(3)22-58(74-43)23-29(4)52-47(76-58)19-37(62)49(25-59)72-52/h26,28-29,31,33-49,51-56,59,61-63,65H,2,5,7-25H2,1,3-4,6H3/t26-,28+,29+,31+,33+,34-,35+,36-,37-,38-,39+,40+,41-,42-,43+,44+,45+,46-,47+,48?,49-,51+,52+,53+,54-,55?,56+,57-,58-/m1/s1. The van der Waals surface area contributed by atoms with Crippen molar-refractivity contribution in [2.45, 2.75) is 295 Å². The van der Waals surface area contributed by atoms with E-state index in [0.29, 0.717) is 57.8 Å². The van der Waals surface area contributed by atoms with Crippen LogP contribution in [-0.4, -0.2) is 196 Å². The van der Waals surface area contributed by atoms with Gasteiger partial charge in [-0.15, -0.1) is 0 Å². The number of ether oxygens (including phenoxy) is 12. The highest BCUT2D eigenvalue weighted by molar-refractivity contribution is 5.79. The summed E-state index contributed by atoms with van der Waals surface area (Å²) in [5, 5.41) is 55.0. The van der Waals surface area contributed by atoms with Crippen LogP contribution in [0, 0.1) is 23.7 Å². The minimum absolute atomic E-state index is 0.0149. The molecule has 29 atom stereocenters. The zero-order chi connectivity index (χ0) is 53.8. The van der Waals surface area contributed by atoms with E-state index in [-0.39, 0.29) is 105 Å². The van der Waals surface area contributed by atoms with E-state index in [2.05, 4.69) is 20.1 Å². The molecule has 5 N–H and O–H groups in total. The molecule has 77 heavy (non-hydrogen) atoms. The quantitative estimate of drug-likeness (QED) is 0.193. The number of rotatable bonds is 5. The van der Waals surface area contributed by atoms with Crippen molar-refractivity contribution >= 4 is 11.8 Å². The first-order valence-electron chi connectivity index (χ1n) is 29.5. The number of carbonyl (C=O) groups excluding carboxylic acids is 2. The SMILES string of the molecule is C=C1C[C@@H]2CC[C@]34C[C@@H](O)C(O3)[C@H]3CC(O4)[C@H]4O[C@H](CC[C@@H]4O3)CC(=O)O[C@@H]3[C@@H](C)[C@@H]4O[C@H](CC(=O)C[C@@H]5O[C@@]6(C[C@H](C)[C@@H]5O)C[C@H](C)[C@@H]5O[C@H](CO)[C@H](O)C[C@@H]5O6)[C@H](O)C[C@@H]4O[C@H]3C[C@H]3O[C@@H](CC[C@@H]1O2)C[C@@H](C)C3=C. The zero-order valence-corrected chi connectivity index (χ0v) is 45.4. The van der Waals surface area contributed by atoms with Gasteiger partial charge in [0.1, 0.15) is 30.2 Å². The molecule has 12 heterocycles. The summed E-state index contributed by atoms with van der Waals surface area (Å²) in [6, 6.07) is 0. The fourth-order valence-electron chi connectivity index (χ4n) is 16.2. The summed E-state index contributed by atoms with van der Waals surface area (Å²) >= 11 is 0. The van der Waals surface area contributed by atoms with Crippen molar-refractivity contribution in [2.24, 2.45) is 23.7 Å². The highest BCUT2D eigenvalue weighted by Crippen LogP contribution is 2.51. The van der Waals surface area contributed by atoms with Gasteiger partial charge in [0.2, 0.25) is 0 Å². The lowest BCUT2D eigenvalue weighted by Gasteiger charge is -2.55. The van der Waals surface area contributed by atoms with E-state index in [1.807, 2.05) is 20.8 Å². The molecule has 2 unspecified atom stereocenters. The molecular weight excluding hydrogens is 1000 g/mol. The van der Waals surface area contributed by atoms with Gasteiger partial charge in [-0.2, -0.15) is 0 Å². The van der Waals surface area contributed by atoms with E-state index in [0.717, 1.165) is 36.8 Å². The van der Waals surface area contributed by atoms with Gasteiger partial charge in [-0.05, 0) is 73.8 Å². The van der Waals surface area contributed by atoms with Gasteiger partial charge in [-0.1, -0.05) is 40.9 Å². The van der Waals surface area contributed by atoms with Crippen molar-refractivity contribution in [3.8, 4) is 0 Å². The Hall–Kier alpha value is -2.02. The summed E-state index contributed by atoms with van der Waals surface area (Å²) in [5.41, 5.74) is 2.01. The molecule has 2 spiro atoms. The summed E-state index contributed by atoms with van der Waals surface area (Å²) < 4.78 is 80.0. The monoisotopic (exact) mass is 1090 g/mol. The first-order chi connectivity index (χ1) is 36.8. The number of aliphatic hydroxyl groups is 5. The Balaban J connectivity index is 0.750. The highest BCUT2D eigenvalue weighted by atomic mass is 16.7. The number of esters is 1. The summed E-state index contributed by atoms with van der Waals surface area (Å²) in [6.07, 6.45) is -5.22. The predicted molar refractivity (Wildman–Crippen MR) is 270 cm³/mol. The van der Waals surface area contributed by atoms with Crippen LogP contribution >= 0.6 is 0 Å². The lowest BCUT2D eigenvalue weighted by molar-refractivity contribution is -0.375. The average molecular weight is 1090 g/mol. The van der Waals surface area contributed by atoms with E-state index < -0.39 is 121 Å². The Kier molecular flexibility index (Phi) is 15.8. The number of carbonyl (C=O) groups is 2. The third kappa shape index (κ3) is 11.0. The van der Waals surface area contributed by atoms with Crippen LogP contribution in [0.4, 0.5) is 0 Å². The maximum Gasteiger partial charge on any atom is 0.308 e. The molecule has 0 aliphatic carbocycles. The summed E-state index contributed by atoms with van der Waals surface area (Å²) in [5.74, 6) is -3.45. The molecule has 10 bridgehead atoms. The molecule has 19 heteroatoms. The maximum absolute atomic E-state index is 14.4. The second-order valence-corrected chi connectivity index (χ2v) is 25.9. The number of aliphatic hydroxyl groups excluding tert-OH is 5. The Morgan fingerprint density at radius 3 is 2.03 bits per heavy atom. The van der Waals surface area contributed by atoms with E-state index >= 15 is 0 Å². The van der Waals surface area contributed by atoms with Crippen LogP contribution in [0.1, 0.15) is 143 Å².